The molecule has 1 heterocycles. The van der Waals surface area contributed by atoms with Crippen LogP contribution in [0.4, 0.5) is 4.39 Å². The van der Waals surface area contributed by atoms with Crippen molar-refractivity contribution in [3.05, 3.63) is 63.3 Å². The summed E-state index contributed by atoms with van der Waals surface area (Å²) in [7, 11) is 0. The predicted molar refractivity (Wildman–Crippen MR) is 107 cm³/mol. The minimum absolute atomic E-state index is 0.0881. The van der Waals surface area contributed by atoms with Gasteiger partial charge >= 0.3 is 0 Å². The number of benzene rings is 2. The molecule has 2 aromatic carbocycles. The van der Waals surface area contributed by atoms with Crippen LogP contribution in [0.1, 0.15) is 18.4 Å². The molecule has 1 N–H and O–H groups in total. The summed E-state index contributed by atoms with van der Waals surface area (Å²) >= 11 is 9.14. The number of carbonyl (C=O) groups is 1. The zero-order valence-corrected chi connectivity index (χ0v) is 17.1. The van der Waals surface area contributed by atoms with Gasteiger partial charge in [0.05, 0.1) is 4.47 Å². The minimum atomic E-state index is -0.357. The smallest absolute Gasteiger partial charge is 0.258 e. The van der Waals surface area contributed by atoms with Crippen molar-refractivity contribution in [3.63, 3.8) is 0 Å². The van der Waals surface area contributed by atoms with Crippen molar-refractivity contribution in [2.45, 2.75) is 25.4 Å². The van der Waals surface area contributed by atoms with Crippen LogP contribution in [0.3, 0.4) is 0 Å². The fraction of sp³-hybridized carbons (Fsp3) is 0.350. The molecule has 0 aromatic heterocycles. The van der Waals surface area contributed by atoms with Crippen molar-refractivity contribution in [1.82, 2.24) is 10.2 Å². The fourth-order valence-electron chi connectivity index (χ4n) is 3.09. The van der Waals surface area contributed by atoms with Crippen molar-refractivity contribution in [2.75, 3.05) is 19.7 Å². The van der Waals surface area contributed by atoms with Crippen LogP contribution in [0.5, 0.6) is 5.75 Å². The summed E-state index contributed by atoms with van der Waals surface area (Å²) in [4.78, 5) is 14.5. The molecule has 0 bridgehead atoms. The number of hydrogen-bond donors (Lipinski definition) is 1. The average Bonchev–Trinajstić information content (AvgIpc) is 2.64. The SMILES string of the molecule is O=C(COc1ccc(F)cc1Br)NC1CCN(Cc2ccc(Cl)cc2)CC1. The molecular weight excluding hydrogens is 435 g/mol. The monoisotopic (exact) mass is 454 g/mol. The van der Waals surface area contributed by atoms with E-state index in [0.29, 0.717) is 10.2 Å². The maximum absolute atomic E-state index is 13.1. The summed E-state index contributed by atoms with van der Waals surface area (Å²) in [6.45, 7) is 2.66. The van der Waals surface area contributed by atoms with Crippen LogP contribution in [0.15, 0.2) is 46.9 Å². The van der Waals surface area contributed by atoms with Gasteiger partial charge in [-0.1, -0.05) is 23.7 Å². The van der Waals surface area contributed by atoms with Gasteiger partial charge in [0.2, 0.25) is 0 Å². The van der Waals surface area contributed by atoms with Gasteiger partial charge in [-0.2, -0.15) is 0 Å². The first-order chi connectivity index (χ1) is 13.0. The Kier molecular flexibility index (Phi) is 7.10. The molecular formula is C20H21BrClFN2O2. The minimum Gasteiger partial charge on any atom is -0.483 e. The second kappa shape index (κ2) is 9.53. The average molecular weight is 456 g/mol. The third-order valence-electron chi connectivity index (χ3n) is 4.52. The second-order valence-electron chi connectivity index (χ2n) is 6.61. The highest BCUT2D eigenvalue weighted by molar-refractivity contribution is 9.10. The van der Waals surface area contributed by atoms with Crippen molar-refractivity contribution in [1.29, 1.82) is 0 Å². The highest BCUT2D eigenvalue weighted by Crippen LogP contribution is 2.25. The van der Waals surface area contributed by atoms with E-state index in [1.54, 1.807) is 0 Å². The highest BCUT2D eigenvalue weighted by Gasteiger charge is 2.21. The first kappa shape index (κ1) is 20.1. The van der Waals surface area contributed by atoms with Gasteiger partial charge in [-0.05, 0) is 64.7 Å². The van der Waals surface area contributed by atoms with Gasteiger partial charge in [0, 0.05) is 30.7 Å². The lowest BCUT2D eigenvalue weighted by molar-refractivity contribution is -0.124. The van der Waals surface area contributed by atoms with Crippen molar-refractivity contribution < 1.29 is 13.9 Å². The maximum atomic E-state index is 13.1. The normalized spacial score (nSPS) is 15.5. The summed E-state index contributed by atoms with van der Waals surface area (Å²) in [5, 5.41) is 3.76. The van der Waals surface area contributed by atoms with Crippen LogP contribution in [-0.4, -0.2) is 36.5 Å². The van der Waals surface area contributed by atoms with Crippen LogP contribution in [0, 0.1) is 5.82 Å². The number of nitrogens with zero attached hydrogens (tertiary/aromatic N) is 1. The van der Waals surface area contributed by atoms with E-state index < -0.39 is 0 Å². The number of hydrogen-bond acceptors (Lipinski definition) is 3. The third kappa shape index (κ3) is 6.19. The number of likely N-dealkylation sites (tertiary alicyclic amines) is 1. The fourth-order valence-corrected chi connectivity index (χ4v) is 3.68. The summed E-state index contributed by atoms with van der Waals surface area (Å²) in [5.41, 5.74) is 1.24. The molecule has 0 unspecified atom stereocenters. The number of rotatable bonds is 6. The highest BCUT2D eigenvalue weighted by atomic mass is 79.9. The third-order valence-corrected chi connectivity index (χ3v) is 5.40. The standard InChI is InChI=1S/C20H21BrClFN2O2/c21-18-11-16(23)5-6-19(18)27-13-20(26)24-17-7-9-25(10-8-17)12-14-1-3-15(22)4-2-14/h1-6,11,17H,7-10,12-13H2,(H,24,26). The Labute approximate surface area is 171 Å². The number of piperidine rings is 1. The van der Waals surface area contributed by atoms with Crippen molar-refractivity contribution >= 4 is 33.4 Å². The second-order valence-corrected chi connectivity index (χ2v) is 7.90. The van der Waals surface area contributed by atoms with Crippen LogP contribution in [0.25, 0.3) is 0 Å². The van der Waals surface area contributed by atoms with E-state index in [-0.39, 0.29) is 24.4 Å². The van der Waals surface area contributed by atoms with Gasteiger partial charge in [-0.3, -0.25) is 9.69 Å². The Morgan fingerprint density at radius 2 is 1.93 bits per heavy atom. The first-order valence-corrected chi connectivity index (χ1v) is 10.0. The van der Waals surface area contributed by atoms with E-state index in [2.05, 4.69) is 26.1 Å². The molecule has 1 saturated heterocycles. The molecule has 2 aromatic rings. The molecule has 1 aliphatic heterocycles. The van der Waals surface area contributed by atoms with E-state index in [4.69, 9.17) is 16.3 Å². The molecule has 0 atom stereocenters. The number of halogens is 3. The number of ether oxygens (including phenoxy) is 1. The zero-order chi connectivity index (χ0) is 19.2. The topological polar surface area (TPSA) is 41.6 Å². The lowest BCUT2D eigenvalue weighted by Crippen LogP contribution is -2.45. The molecule has 4 nitrogen and oxygen atoms in total. The number of amides is 1. The molecule has 1 amide bonds. The summed E-state index contributed by atoms with van der Waals surface area (Å²) in [6.07, 6.45) is 1.80. The number of carbonyl (C=O) groups excluding carboxylic acids is 1. The Bertz CT molecular complexity index is 780. The lowest BCUT2D eigenvalue weighted by Gasteiger charge is -2.32. The van der Waals surface area contributed by atoms with Crippen molar-refractivity contribution in [3.8, 4) is 5.75 Å². The molecule has 0 spiro atoms. The van der Waals surface area contributed by atoms with Gasteiger partial charge in [-0.25, -0.2) is 4.39 Å². The zero-order valence-electron chi connectivity index (χ0n) is 14.8. The molecule has 7 heteroatoms. The van der Waals surface area contributed by atoms with E-state index in [9.17, 15) is 9.18 Å². The molecule has 144 valence electrons. The lowest BCUT2D eigenvalue weighted by atomic mass is 10.0. The summed E-state index contributed by atoms with van der Waals surface area (Å²) in [6, 6.07) is 12.2. The molecule has 27 heavy (non-hydrogen) atoms. The predicted octanol–water partition coefficient (Wildman–Crippen LogP) is 4.40. The molecule has 0 saturated carbocycles. The summed E-state index contributed by atoms with van der Waals surface area (Å²) in [5.74, 6) is -0.0734. The van der Waals surface area contributed by atoms with Crippen LogP contribution < -0.4 is 10.1 Å². The Balaban J connectivity index is 1.39. The molecule has 3 rings (SSSR count). The van der Waals surface area contributed by atoms with Crippen LogP contribution in [-0.2, 0) is 11.3 Å². The van der Waals surface area contributed by atoms with E-state index >= 15 is 0 Å². The Morgan fingerprint density at radius 1 is 1.22 bits per heavy atom. The van der Waals surface area contributed by atoms with Crippen LogP contribution >= 0.6 is 27.5 Å². The van der Waals surface area contributed by atoms with Gasteiger partial charge < -0.3 is 10.1 Å². The Hall–Kier alpha value is -1.63. The quantitative estimate of drug-likeness (QED) is 0.702. The van der Waals surface area contributed by atoms with Crippen LogP contribution in [0.2, 0.25) is 5.02 Å². The number of nitrogens with one attached hydrogen (secondary N) is 1. The Morgan fingerprint density at radius 3 is 2.59 bits per heavy atom. The van der Waals surface area contributed by atoms with E-state index in [1.165, 1.54) is 23.8 Å². The first-order valence-electron chi connectivity index (χ1n) is 8.83. The van der Waals surface area contributed by atoms with E-state index in [1.807, 2.05) is 24.3 Å². The van der Waals surface area contributed by atoms with Gasteiger partial charge in [0.1, 0.15) is 11.6 Å². The van der Waals surface area contributed by atoms with E-state index in [0.717, 1.165) is 37.5 Å². The molecule has 0 radical (unpaired) electrons. The molecule has 1 aliphatic rings. The molecule has 0 aliphatic carbocycles. The maximum Gasteiger partial charge on any atom is 0.258 e. The van der Waals surface area contributed by atoms with Crippen molar-refractivity contribution in [2.24, 2.45) is 0 Å². The largest absolute Gasteiger partial charge is 0.483 e. The van der Waals surface area contributed by atoms with Gasteiger partial charge in [0.15, 0.2) is 6.61 Å². The summed E-state index contributed by atoms with van der Waals surface area (Å²) < 4.78 is 19.0. The molecule has 1 fully saturated rings. The van der Waals surface area contributed by atoms with Gasteiger partial charge in [0.25, 0.3) is 5.91 Å². The van der Waals surface area contributed by atoms with Gasteiger partial charge in [-0.15, -0.1) is 0 Å².